The Balaban J connectivity index is 1.08. The number of ether oxygens (including phenoxy) is 6. The van der Waals surface area contributed by atoms with Crippen molar-refractivity contribution in [2.75, 3.05) is 13.2 Å². The maximum Gasteiger partial charge on any atom is 0.335 e. The molecule has 19 nitrogen and oxygen atoms in total. The topological polar surface area (TPSA) is 315 Å². The number of aliphatic hydroxyl groups excluding tert-OH is 11. The van der Waals surface area contributed by atoms with Gasteiger partial charge in [0.15, 0.2) is 25.0 Å². The van der Waals surface area contributed by atoms with Gasteiger partial charge in [-0.1, -0.05) is 60.1 Å². The highest BCUT2D eigenvalue weighted by Crippen LogP contribution is 2.76. The Morgan fingerprint density at radius 2 is 1.28 bits per heavy atom. The minimum atomic E-state index is -2.09. The molecule has 67 heavy (non-hydrogen) atoms. The normalized spacial score (nSPS) is 56.4. The molecule has 12 N–H and O–H groups in total. The first-order valence-corrected chi connectivity index (χ1v) is 24.4. The summed E-state index contributed by atoms with van der Waals surface area (Å²) >= 11 is 0. The van der Waals surface area contributed by atoms with Crippen LogP contribution >= 0.6 is 0 Å². The van der Waals surface area contributed by atoms with Gasteiger partial charge in [0.2, 0.25) is 0 Å². The fourth-order valence-electron chi connectivity index (χ4n) is 15.2. The molecule has 7 fully saturated rings. The second kappa shape index (κ2) is 17.9. The highest BCUT2D eigenvalue weighted by molar-refractivity contribution is 5.73. The number of aliphatic hydroxyl groups is 11. The maximum absolute atomic E-state index is 12.5. The van der Waals surface area contributed by atoms with E-state index in [1.54, 1.807) is 0 Å². The van der Waals surface area contributed by atoms with E-state index in [1.165, 1.54) is 12.5 Å². The van der Waals surface area contributed by atoms with Crippen molar-refractivity contribution in [2.45, 2.75) is 217 Å². The van der Waals surface area contributed by atoms with E-state index >= 15 is 0 Å². The van der Waals surface area contributed by atoms with Gasteiger partial charge < -0.3 is 89.7 Å². The van der Waals surface area contributed by atoms with Crippen LogP contribution < -0.4 is 0 Å². The van der Waals surface area contributed by atoms with Crippen LogP contribution in [0.2, 0.25) is 0 Å². The fraction of sp³-hybridized carbons (Fsp3) is 0.938. The Labute approximate surface area is 392 Å². The summed E-state index contributed by atoms with van der Waals surface area (Å²) in [6.45, 7) is 15.5. The van der Waals surface area contributed by atoms with Crippen LogP contribution in [-0.4, -0.2) is 191 Å². The maximum atomic E-state index is 12.5. The van der Waals surface area contributed by atoms with Gasteiger partial charge in [0.1, 0.15) is 61.0 Å². The summed E-state index contributed by atoms with van der Waals surface area (Å²) < 4.78 is 36.1. The van der Waals surface area contributed by atoms with Crippen molar-refractivity contribution < 1.29 is 94.5 Å². The van der Waals surface area contributed by atoms with Gasteiger partial charge in [0.05, 0.1) is 37.6 Å². The van der Waals surface area contributed by atoms with Gasteiger partial charge in [-0.25, -0.2) is 4.79 Å². The van der Waals surface area contributed by atoms with E-state index in [1.807, 2.05) is 6.92 Å². The largest absolute Gasteiger partial charge is 0.479 e. The molecular weight excluding hydrogens is 881 g/mol. The molecule has 3 aliphatic heterocycles. The lowest BCUT2D eigenvalue weighted by Crippen LogP contribution is -2.69. The molecule has 26 atom stereocenters. The van der Waals surface area contributed by atoms with Crippen LogP contribution in [-0.2, 0) is 33.2 Å². The van der Waals surface area contributed by atoms with Crippen molar-refractivity contribution >= 4 is 5.97 Å². The first-order chi connectivity index (χ1) is 31.1. The van der Waals surface area contributed by atoms with Gasteiger partial charge in [0, 0.05) is 10.8 Å². The van der Waals surface area contributed by atoms with Gasteiger partial charge >= 0.3 is 5.97 Å². The zero-order valence-electron chi connectivity index (χ0n) is 40.0. The number of carboxylic acid groups (broad SMARTS) is 1. The summed E-state index contributed by atoms with van der Waals surface area (Å²) in [5.41, 5.74) is -1.44. The minimum absolute atomic E-state index is 0.00539. The Morgan fingerprint density at radius 3 is 1.91 bits per heavy atom. The van der Waals surface area contributed by atoms with Gasteiger partial charge in [-0.2, -0.15) is 0 Å². The molecule has 8 aliphatic rings. The third-order valence-corrected chi connectivity index (χ3v) is 19.6. The second-order valence-corrected chi connectivity index (χ2v) is 23.7. The molecule has 0 amide bonds. The summed E-state index contributed by atoms with van der Waals surface area (Å²) in [5, 5.41) is 132. The molecule has 8 rings (SSSR count). The fourth-order valence-corrected chi connectivity index (χ4v) is 15.2. The van der Waals surface area contributed by atoms with Gasteiger partial charge in [-0.3, -0.25) is 0 Å². The summed E-state index contributed by atoms with van der Waals surface area (Å²) in [5.74, 6) is -1.64. The van der Waals surface area contributed by atoms with Crippen molar-refractivity contribution in [3.8, 4) is 0 Å². The number of allylic oxidation sites excluding steroid dienone is 2. The van der Waals surface area contributed by atoms with E-state index in [4.69, 9.17) is 28.4 Å². The van der Waals surface area contributed by atoms with Crippen LogP contribution in [0.15, 0.2) is 11.6 Å². The van der Waals surface area contributed by atoms with Crippen molar-refractivity contribution in [1.82, 2.24) is 0 Å². The number of hydrogen-bond donors (Lipinski definition) is 12. The Bertz CT molecular complexity index is 1850. The molecule has 3 heterocycles. The Hall–Kier alpha value is -1.47. The van der Waals surface area contributed by atoms with Crippen molar-refractivity contribution in [3.63, 3.8) is 0 Å². The molecule has 0 spiro atoms. The SMILES string of the molecule is CC1OC(OC2C(OC3C(OC4CCC5(C)C(CCC6(C)C5CC=C5C7CC(C)(C)CC(O)C7(C)C(O)CC56C)C4(C)CO)OC(C(=O)O)C(O)C3O)OC(CO)C(O)C2O)C(O)C(O)C1O. The number of carbonyl (C=O) groups is 1. The molecule has 4 saturated carbocycles. The number of fused-ring (bicyclic) bond motifs is 7. The summed E-state index contributed by atoms with van der Waals surface area (Å²) in [6, 6.07) is 0. The Kier molecular flexibility index (Phi) is 13.9. The van der Waals surface area contributed by atoms with E-state index in [9.17, 15) is 66.1 Å². The molecule has 26 unspecified atom stereocenters. The summed E-state index contributed by atoms with van der Waals surface area (Å²) in [7, 11) is 0. The molecule has 384 valence electrons. The lowest BCUT2D eigenvalue weighted by atomic mass is 9.33. The van der Waals surface area contributed by atoms with Crippen LogP contribution in [0.3, 0.4) is 0 Å². The van der Waals surface area contributed by atoms with Crippen molar-refractivity contribution in [3.05, 3.63) is 11.6 Å². The van der Waals surface area contributed by atoms with Crippen LogP contribution in [0.4, 0.5) is 0 Å². The summed E-state index contributed by atoms with van der Waals surface area (Å²) in [6.07, 6.45) is -21.1. The minimum Gasteiger partial charge on any atom is -0.479 e. The number of hydrogen-bond acceptors (Lipinski definition) is 18. The van der Waals surface area contributed by atoms with E-state index in [0.29, 0.717) is 32.1 Å². The second-order valence-electron chi connectivity index (χ2n) is 23.7. The average molecular weight is 959 g/mol. The van der Waals surface area contributed by atoms with Crippen LogP contribution in [0.25, 0.3) is 0 Å². The average Bonchev–Trinajstić information content (AvgIpc) is 3.26. The van der Waals surface area contributed by atoms with E-state index in [-0.39, 0.29) is 46.0 Å². The summed E-state index contributed by atoms with van der Waals surface area (Å²) in [4.78, 5) is 12.5. The molecule has 19 heteroatoms. The number of carboxylic acids is 1. The molecule has 5 aliphatic carbocycles. The van der Waals surface area contributed by atoms with Crippen LogP contribution in [0.5, 0.6) is 0 Å². The standard InChI is InChI=1S/C48H78O19/c1-20-29(53)31(55)35(59)40(62-20)66-37-32(56)30(54)23(18-49)63-41(37)67-38-34(58)33(57)36(39(60)61)65-42(38)64-28-12-13-44(4)24(45(28,5)19-50)11-14-46(6)25(44)10-9-21-22-15-43(2,3)16-26(51)48(22,8)27(52)17-47(21,46)7/h9,20,22-38,40-42,49-59H,10-19H2,1-8H3,(H,60,61). The molecule has 0 bridgehead atoms. The van der Waals surface area contributed by atoms with Crippen molar-refractivity contribution in [1.29, 1.82) is 0 Å². The lowest BCUT2D eigenvalue weighted by Gasteiger charge is -2.72. The third-order valence-electron chi connectivity index (χ3n) is 19.6. The third kappa shape index (κ3) is 7.92. The van der Waals surface area contributed by atoms with Gasteiger partial charge in [-0.15, -0.1) is 0 Å². The number of aliphatic carboxylic acids is 1. The first-order valence-electron chi connectivity index (χ1n) is 24.4. The zero-order chi connectivity index (χ0) is 49.3. The predicted octanol–water partition coefficient (Wildman–Crippen LogP) is -0.325. The monoisotopic (exact) mass is 959 g/mol. The molecule has 0 aromatic rings. The quantitative estimate of drug-likeness (QED) is 0.104. The molecular formula is C48H78O19. The predicted molar refractivity (Wildman–Crippen MR) is 232 cm³/mol. The van der Waals surface area contributed by atoms with Gasteiger partial charge in [0.25, 0.3) is 0 Å². The van der Waals surface area contributed by atoms with Crippen LogP contribution in [0, 0.1) is 50.2 Å². The van der Waals surface area contributed by atoms with Crippen molar-refractivity contribution in [2.24, 2.45) is 50.2 Å². The van der Waals surface area contributed by atoms with E-state index in [2.05, 4.69) is 47.6 Å². The first kappa shape index (κ1) is 51.9. The molecule has 3 saturated heterocycles. The molecule has 0 aromatic heterocycles. The smallest absolute Gasteiger partial charge is 0.335 e. The van der Waals surface area contributed by atoms with E-state index < -0.39 is 134 Å². The number of rotatable bonds is 9. The lowest BCUT2D eigenvalue weighted by molar-refractivity contribution is -0.396. The zero-order valence-corrected chi connectivity index (χ0v) is 40.0. The van der Waals surface area contributed by atoms with Gasteiger partial charge in [-0.05, 0) is 97.7 Å². The Morgan fingerprint density at radius 1 is 0.672 bits per heavy atom. The highest BCUT2D eigenvalue weighted by atomic mass is 16.8. The molecule has 0 radical (unpaired) electrons. The highest BCUT2D eigenvalue weighted by Gasteiger charge is 2.71. The van der Waals surface area contributed by atoms with Crippen LogP contribution in [0.1, 0.15) is 107 Å². The molecule has 0 aromatic carbocycles. The van der Waals surface area contributed by atoms with E-state index in [0.717, 1.165) is 19.3 Å².